The second-order valence-electron chi connectivity index (χ2n) is 4.35. The summed E-state index contributed by atoms with van der Waals surface area (Å²) < 4.78 is 13.3. The topological polar surface area (TPSA) is 21.6 Å². The lowest BCUT2D eigenvalue weighted by Gasteiger charge is -2.08. The molecule has 20 heavy (non-hydrogen) atoms. The first-order valence-corrected chi connectivity index (χ1v) is 6.71. The molecular weight excluding hydrogens is 277 g/mol. The number of nitrogens with zero attached hydrogens (tertiary/aromatic N) is 1. The minimum Gasteiger partial charge on any atom is -0.396 e. The number of rotatable bonds is 4. The molecule has 2 aromatic carbocycles. The maximum atomic E-state index is 13.3. The Morgan fingerprint density at radius 1 is 1.25 bits per heavy atom. The van der Waals surface area contributed by atoms with Crippen molar-refractivity contribution in [1.29, 1.82) is 0 Å². The minimum atomic E-state index is -0.260. The van der Waals surface area contributed by atoms with Crippen LogP contribution >= 0.6 is 11.6 Å². The Hall–Kier alpha value is -1.87. The summed E-state index contributed by atoms with van der Waals surface area (Å²) in [5, 5.41) is 4.34. The molecule has 2 rings (SSSR count). The van der Waals surface area contributed by atoms with E-state index in [0.717, 1.165) is 22.3 Å². The number of hydrogen-bond donors (Lipinski definition) is 0. The van der Waals surface area contributed by atoms with Crippen LogP contribution in [0.1, 0.15) is 18.1 Å². The zero-order valence-electron chi connectivity index (χ0n) is 11.4. The average Bonchev–Trinajstić information content (AvgIpc) is 2.43. The fourth-order valence-corrected chi connectivity index (χ4v) is 2.10. The van der Waals surface area contributed by atoms with E-state index < -0.39 is 0 Å². The highest BCUT2D eigenvalue weighted by Gasteiger charge is 2.06. The van der Waals surface area contributed by atoms with Crippen molar-refractivity contribution in [2.24, 2.45) is 5.16 Å². The lowest BCUT2D eigenvalue weighted by atomic mass is 9.99. The SMILES string of the molecule is CCON=Cc1ccc(-c2cc(F)ccc2C)cc1Cl. The highest BCUT2D eigenvalue weighted by molar-refractivity contribution is 6.33. The van der Waals surface area contributed by atoms with Crippen LogP contribution in [0.4, 0.5) is 4.39 Å². The molecule has 0 aromatic heterocycles. The Labute approximate surface area is 122 Å². The van der Waals surface area contributed by atoms with Gasteiger partial charge in [0.25, 0.3) is 0 Å². The van der Waals surface area contributed by atoms with Crippen LogP contribution in [0.15, 0.2) is 41.6 Å². The largest absolute Gasteiger partial charge is 0.396 e. The number of aryl methyl sites for hydroxylation is 1. The van der Waals surface area contributed by atoms with E-state index in [4.69, 9.17) is 16.4 Å². The molecule has 0 N–H and O–H groups in total. The van der Waals surface area contributed by atoms with Gasteiger partial charge >= 0.3 is 0 Å². The van der Waals surface area contributed by atoms with Gasteiger partial charge in [-0.15, -0.1) is 0 Å². The van der Waals surface area contributed by atoms with E-state index >= 15 is 0 Å². The molecule has 0 amide bonds. The summed E-state index contributed by atoms with van der Waals surface area (Å²) in [4.78, 5) is 4.90. The van der Waals surface area contributed by atoms with Crippen LogP contribution in [-0.4, -0.2) is 12.8 Å². The smallest absolute Gasteiger partial charge is 0.123 e. The summed E-state index contributed by atoms with van der Waals surface area (Å²) in [5.74, 6) is -0.260. The molecule has 104 valence electrons. The fourth-order valence-electron chi connectivity index (χ4n) is 1.87. The van der Waals surface area contributed by atoms with Crippen LogP contribution in [-0.2, 0) is 4.84 Å². The fraction of sp³-hybridized carbons (Fsp3) is 0.188. The molecule has 2 aromatic rings. The van der Waals surface area contributed by atoms with Crippen molar-refractivity contribution in [2.45, 2.75) is 13.8 Å². The Bertz CT molecular complexity index is 640. The predicted molar refractivity (Wildman–Crippen MR) is 80.8 cm³/mol. The summed E-state index contributed by atoms with van der Waals surface area (Å²) >= 11 is 6.21. The van der Waals surface area contributed by atoms with Gasteiger partial charge in [-0.2, -0.15) is 0 Å². The Balaban J connectivity index is 2.35. The molecule has 0 aliphatic carbocycles. The molecule has 0 fully saturated rings. The van der Waals surface area contributed by atoms with Crippen molar-refractivity contribution in [1.82, 2.24) is 0 Å². The third kappa shape index (κ3) is 3.36. The van der Waals surface area contributed by atoms with Gasteiger partial charge in [0.2, 0.25) is 0 Å². The minimum absolute atomic E-state index is 0.260. The third-order valence-corrected chi connectivity index (χ3v) is 3.23. The maximum Gasteiger partial charge on any atom is 0.123 e. The molecule has 0 saturated carbocycles. The monoisotopic (exact) mass is 291 g/mol. The van der Waals surface area contributed by atoms with E-state index in [9.17, 15) is 4.39 Å². The average molecular weight is 292 g/mol. The van der Waals surface area contributed by atoms with Crippen molar-refractivity contribution in [3.63, 3.8) is 0 Å². The van der Waals surface area contributed by atoms with Crippen molar-refractivity contribution >= 4 is 17.8 Å². The maximum absolute atomic E-state index is 13.3. The van der Waals surface area contributed by atoms with E-state index in [1.807, 2.05) is 26.0 Å². The van der Waals surface area contributed by atoms with Crippen molar-refractivity contribution in [2.75, 3.05) is 6.61 Å². The highest BCUT2D eigenvalue weighted by atomic mass is 35.5. The molecule has 0 spiro atoms. The van der Waals surface area contributed by atoms with E-state index in [1.54, 1.807) is 18.3 Å². The van der Waals surface area contributed by atoms with Crippen LogP contribution in [0, 0.1) is 12.7 Å². The predicted octanol–water partition coefficient (Wildman–Crippen LogP) is 4.82. The van der Waals surface area contributed by atoms with E-state index in [2.05, 4.69) is 5.16 Å². The quantitative estimate of drug-likeness (QED) is 0.584. The second kappa shape index (κ2) is 6.53. The number of halogens is 2. The van der Waals surface area contributed by atoms with Crippen molar-refractivity contribution in [3.05, 3.63) is 58.4 Å². The lowest BCUT2D eigenvalue weighted by Crippen LogP contribution is -1.89. The second-order valence-corrected chi connectivity index (χ2v) is 4.76. The van der Waals surface area contributed by atoms with Crippen LogP contribution in [0.2, 0.25) is 5.02 Å². The summed E-state index contributed by atoms with van der Waals surface area (Å²) in [6.07, 6.45) is 1.56. The molecule has 4 heteroatoms. The van der Waals surface area contributed by atoms with Gasteiger partial charge in [0.15, 0.2) is 0 Å². The van der Waals surface area contributed by atoms with Gasteiger partial charge in [0.1, 0.15) is 12.4 Å². The molecule has 0 radical (unpaired) electrons. The molecule has 2 nitrogen and oxygen atoms in total. The molecule has 0 aliphatic heterocycles. The van der Waals surface area contributed by atoms with Gasteiger partial charge in [0, 0.05) is 5.56 Å². The number of oxime groups is 1. The number of hydrogen-bond acceptors (Lipinski definition) is 2. The van der Waals surface area contributed by atoms with Gasteiger partial charge in [0.05, 0.1) is 11.2 Å². The van der Waals surface area contributed by atoms with Crippen LogP contribution in [0.3, 0.4) is 0 Å². The van der Waals surface area contributed by atoms with Crippen LogP contribution in [0.5, 0.6) is 0 Å². The van der Waals surface area contributed by atoms with Crippen LogP contribution < -0.4 is 0 Å². The Morgan fingerprint density at radius 3 is 2.75 bits per heavy atom. The molecule has 0 heterocycles. The van der Waals surface area contributed by atoms with Crippen LogP contribution in [0.25, 0.3) is 11.1 Å². The van der Waals surface area contributed by atoms with E-state index in [0.29, 0.717) is 11.6 Å². The highest BCUT2D eigenvalue weighted by Crippen LogP contribution is 2.28. The zero-order valence-corrected chi connectivity index (χ0v) is 12.1. The molecular formula is C16H15ClFNO. The van der Waals surface area contributed by atoms with Crippen molar-refractivity contribution < 1.29 is 9.23 Å². The molecule has 0 unspecified atom stereocenters. The summed E-state index contributed by atoms with van der Waals surface area (Å²) in [7, 11) is 0. The molecule has 0 aliphatic rings. The lowest BCUT2D eigenvalue weighted by molar-refractivity contribution is 0.160. The van der Waals surface area contributed by atoms with Gasteiger partial charge in [-0.1, -0.05) is 35.0 Å². The summed E-state index contributed by atoms with van der Waals surface area (Å²) in [5.41, 5.74) is 3.47. The standard InChI is InChI=1S/C16H15ClFNO/c1-3-20-19-10-13-6-5-12(8-16(13)17)15-9-14(18)7-4-11(15)2/h4-10H,3H2,1-2H3. The zero-order chi connectivity index (χ0) is 14.5. The summed E-state index contributed by atoms with van der Waals surface area (Å²) in [6.45, 7) is 4.30. The number of benzene rings is 2. The van der Waals surface area contributed by atoms with E-state index in [-0.39, 0.29) is 5.82 Å². The van der Waals surface area contributed by atoms with E-state index in [1.165, 1.54) is 12.1 Å². The normalized spacial score (nSPS) is 11.0. The van der Waals surface area contributed by atoms with Gasteiger partial charge in [-0.25, -0.2) is 4.39 Å². The van der Waals surface area contributed by atoms with Gasteiger partial charge < -0.3 is 4.84 Å². The first kappa shape index (κ1) is 14.5. The molecule has 0 atom stereocenters. The van der Waals surface area contributed by atoms with Gasteiger partial charge in [-0.05, 0) is 48.7 Å². The van der Waals surface area contributed by atoms with Gasteiger partial charge in [-0.3, -0.25) is 0 Å². The summed E-state index contributed by atoms with van der Waals surface area (Å²) in [6, 6.07) is 10.2. The van der Waals surface area contributed by atoms with Crippen molar-refractivity contribution in [3.8, 4) is 11.1 Å². The molecule has 0 bridgehead atoms. The first-order chi connectivity index (χ1) is 9.61. The Morgan fingerprint density at radius 2 is 2.05 bits per heavy atom. The third-order valence-electron chi connectivity index (χ3n) is 2.91. The molecule has 0 saturated heterocycles. The Kier molecular flexibility index (Phi) is 4.74. The first-order valence-electron chi connectivity index (χ1n) is 6.33.